The average molecular weight is 445 g/mol. The van der Waals surface area contributed by atoms with Crippen LogP contribution < -0.4 is 15.4 Å². The van der Waals surface area contributed by atoms with Crippen LogP contribution in [-0.4, -0.2) is 13.0 Å². The number of carbonyl (C=O) groups excluding carboxylic acids is 1. The molecule has 4 rings (SSSR count). The minimum absolute atomic E-state index is 0.152. The topological polar surface area (TPSA) is 63.5 Å². The number of hydrogen-bond donors (Lipinski definition) is 2. The number of amides is 1. The number of hydrogen-bond acceptors (Lipinski definition) is 5. The number of thiophene rings is 1. The van der Waals surface area contributed by atoms with Gasteiger partial charge in [0.2, 0.25) is 0 Å². The molecule has 0 fully saturated rings. The Kier molecular flexibility index (Phi) is 6.06. The van der Waals surface area contributed by atoms with Crippen molar-refractivity contribution in [2.24, 2.45) is 5.92 Å². The maximum atomic E-state index is 13.4. The molecule has 2 aromatic heterocycles. The summed E-state index contributed by atoms with van der Waals surface area (Å²) in [6.07, 6.45) is 2.99. The van der Waals surface area contributed by atoms with Gasteiger partial charge < -0.3 is 19.8 Å². The minimum atomic E-state index is -0.152. The van der Waals surface area contributed by atoms with E-state index in [9.17, 15) is 4.79 Å². The van der Waals surface area contributed by atoms with Crippen molar-refractivity contribution in [1.82, 2.24) is 0 Å². The summed E-state index contributed by atoms with van der Waals surface area (Å²) in [7, 11) is 1.57. The fourth-order valence-electron chi connectivity index (χ4n) is 3.83. The van der Waals surface area contributed by atoms with Crippen LogP contribution in [0.1, 0.15) is 45.7 Å². The maximum Gasteiger partial charge on any atom is 0.259 e. The fraction of sp³-hybridized carbons (Fsp3) is 0.348. The summed E-state index contributed by atoms with van der Waals surface area (Å²) in [6, 6.07) is 9.09. The molecule has 1 amide bonds. The summed E-state index contributed by atoms with van der Waals surface area (Å²) in [6.45, 7) is 4.72. The third kappa shape index (κ3) is 4.35. The van der Waals surface area contributed by atoms with E-state index < -0.39 is 0 Å². The maximum absolute atomic E-state index is 13.4. The van der Waals surface area contributed by atoms with Gasteiger partial charge in [-0.25, -0.2) is 0 Å². The standard InChI is InChI=1S/C23H25ClN2O3S/c1-13-4-8-17-20(10-13)30-23(25-12-16-7-5-14(2)29-16)21(17)22(27)26-18-11-15(24)6-9-19(18)28-3/h5-7,9,11,13,25H,4,8,10,12H2,1-3H3,(H,26,27)/t13-/m1/s1. The van der Waals surface area contributed by atoms with Crippen LogP contribution in [0.3, 0.4) is 0 Å². The third-order valence-corrected chi connectivity index (χ3v) is 6.81. The fourth-order valence-corrected chi connectivity index (χ4v) is 5.40. The van der Waals surface area contributed by atoms with Crippen LogP contribution in [0.15, 0.2) is 34.7 Å². The van der Waals surface area contributed by atoms with Crippen LogP contribution >= 0.6 is 22.9 Å². The van der Waals surface area contributed by atoms with Crippen LogP contribution in [-0.2, 0) is 19.4 Å². The van der Waals surface area contributed by atoms with E-state index >= 15 is 0 Å². The number of ether oxygens (including phenoxy) is 1. The molecular formula is C23H25ClN2O3S. The van der Waals surface area contributed by atoms with E-state index in [0.29, 0.717) is 34.5 Å². The molecule has 1 aliphatic carbocycles. The number of benzene rings is 1. The normalized spacial score (nSPS) is 15.5. The highest BCUT2D eigenvalue weighted by Crippen LogP contribution is 2.40. The molecule has 1 aliphatic rings. The van der Waals surface area contributed by atoms with Gasteiger partial charge in [-0.05, 0) is 68.0 Å². The zero-order chi connectivity index (χ0) is 21.3. The molecule has 2 N–H and O–H groups in total. The summed E-state index contributed by atoms with van der Waals surface area (Å²) in [5.74, 6) is 2.76. The minimum Gasteiger partial charge on any atom is -0.495 e. The van der Waals surface area contributed by atoms with Crippen molar-refractivity contribution in [2.75, 3.05) is 17.7 Å². The first-order valence-corrected chi connectivity index (χ1v) is 11.2. The monoisotopic (exact) mass is 444 g/mol. The summed E-state index contributed by atoms with van der Waals surface area (Å²) in [5.41, 5.74) is 2.42. The lowest BCUT2D eigenvalue weighted by atomic mass is 9.88. The Bertz CT molecular complexity index is 1070. The van der Waals surface area contributed by atoms with Gasteiger partial charge in [-0.2, -0.15) is 0 Å². The molecule has 0 spiro atoms. The molecule has 0 aliphatic heterocycles. The Morgan fingerprint density at radius 3 is 2.90 bits per heavy atom. The van der Waals surface area contributed by atoms with Gasteiger partial charge in [-0.3, -0.25) is 4.79 Å². The molecule has 30 heavy (non-hydrogen) atoms. The average Bonchev–Trinajstić information content (AvgIpc) is 3.29. The number of rotatable bonds is 6. The van der Waals surface area contributed by atoms with Crippen molar-refractivity contribution in [1.29, 1.82) is 0 Å². The largest absolute Gasteiger partial charge is 0.495 e. The first kappa shape index (κ1) is 20.8. The number of carbonyl (C=O) groups is 1. The molecule has 0 bridgehead atoms. The first-order valence-electron chi connectivity index (χ1n) is 10.0. The molecule has 1 atom stereocenters. The molecular weight excluding hydrogens is 420 g/mol. The summed E-state index contributed by atoms with van der Waals surface area (Å²) in [5, 5.41) is 7.85. The van der Waals surface area contributed by atoms with E-state index in [0.717, 1.165) is 41.3 Å². The number of nitrogens with one attached hydrogen (secondary N) is 2. The smallest absolute Gasteiger partial charge is 0.259 e. The van der Waals surface area contributed by atoms with Gasteiger partial charge in [0.05, 0.1) is 24.9 Å². The predicted octanol–water partition coefficient (Wildman–Crippen LogP) is 6.30. The number of fused-ring (bicyclic) bond motifs is 1. The van der Waals surface area contributed by atoms with Gasteiger partial charge in [0, 0.05) is 9.90 Å². The Morgan fingerprint density at radius 1 is 1.33 bits per heavy atom. The molecule has 158 valence electrons. The quantitative estimate of drug-likeness (QED) is 0.468. The highest BCUT2D eigenvalue weighted by Gasteiger charge is 2.28. The second-order valence-electron chi connectivity index (χ2n) is 7.72. The third-order valence-electron chi connectivity index (χ3n) is 5.37. The second kappa shape index (κ2) is 8.74. The van der Waals surface area contributed by atoms with Crippen molar-refractivity contribution < 1.29 is 13.9 Å². The lowest BCUT2D eigenvalue weighted by molar-refractivity contribution is 0.102. The van der Waals surface area contributed by atoms with Gasteiger partial charge in [-0.15, -0.1) is 11.3 Å². The van der Waals surface area contributed by atoms with E-state index in [2.05, 4.69) is 17.6 Å². The molecule has 0 saturated heterocycles. The Morgan fingerprint density at radius 2 is 2.17 bits per heavy atom. The number of halogens is 1. The van der Waals surface area contributed by atoms with Gasteiger partial charge in [0.15, 0.2) is 0 Å². The number of furan rings is 1. The van der Waals surface area contributed by atoms with E-state index in [1.165, 1.54) is 4.88 Å². The van der Waals surface area contributed by atoms with Gasteiger partial charge in [0.25, 0.3) is 5.91 Å². The Hall–Kier alpha value is -2.44. The van der Waals surface area contributed by atoms with Crippen molar-refractivity contribution in [3.8, 4) is 5.75 Å². The molecule has 2 heterocycles. The van der Waals surface area contributed by atoms with E-state index in [4.69, 9.17) is 20.8 Å². The summed E-state index contributed by atoms with van der Waals surface area (Å²) < 4.78 is 11.1. The molecule has 7 heteroatoms. The first-order chi connectivity index (χ1) is 14.4. The molecule has 5 nitrogen and oxygen atoms in total. The SMILES string of the molecule is COc1ccc(Cl)cc1NC(=O)c1c(NCc2ccc(C)o2)sc2c1CC[C@@H](C)C2. The van der Waals surface area contributed by atoms with Gasteiger partial charge >= 0.3 is 0 Å². The lowest BCUT2D eigenvalue weighted by Gasteiger charge is -2.19. The zero-order valence-electron chi connectivity index (χ0n) is 17.3. The van der Waals surface area contributed by atoms with E-state index in [-0.39, 0.29) is 5.91 Å². The van der Waals surface area contributed by atoms with Crippen LogP contribution in [0.2, 0.25) is 5.02 Å². The highest BCUT2D eigenvalue weighted by atomic mass is 35.5. The van der Waals surface area contributed by atoms with Crippen LogP contribution in [0.25, 0.3) is 0 Å². The van der Waals surface area contributed by atoms with Crippen molar-refractivity contribution in [2.45, 2.75) is 39.7 Å². The van der Waals surface area contributed by atoms with E-state index in [1.54, 1.807) is 36.6 Å². The molecule has 1 aromatic carbocycles. The second-order valence-corrected chi connectivity index (χ2v) is 9.26. The summed E-state index contributed by atoms with van der Waals surface area (Å²) in [4.78, 5) is 14.7. The van der Waals surface area contributed by atoms with Crippen molar-refractivity contribution in [3.63, 3.8) is 0 Å². The zero-order valence-corrected chi connectivity index (χ0v) is 18.9. The van der Waals surface area contributed by atoms with E-state index in [1.807, 2.05) is 19.1 Å². The number of methoxy groups -OCH3 is 1. The van der Waals surface area contributed by atoms with Gasteiger partial charge in [-0.1, -0.05) is 18.5 Å². The number of anilines is 2. The predicted molar refractivity (Wildman–Crippen MR) is 122 cm³/mol. The Balaban J connectivity index is 1.65. The van der Waals surface area contributed by atoms with Crippen molar-refractivity contribution >= 4 is 39.5 Å². The molecule has 0 unspecified atom stereocenters. The van der Waals surface area contributed by atoms with Crippen molar-refractivity contribution in [3.05, 3.63) is 62.9 Å². The van der Waals surface area contributed by atoms with Gasteiger partial charge in [0.1, 0.15) is 22.3 Å². The van der Waals surface area contributed by atoms with Crippen LogP contribution in [0.4, 0.5) is 10.7 Å². The molecule has 3 aromatic rings. The lowest BCUT2D eigenvalue weighted by Crippen LogP contribution is -2.18. The van der Waals surface area contributed by atoms with Crippen LogP contribution in [0, 0.1) is 12.8 Å². The van der Waals surface area contributed by atoms with Crippen LogP contribution in [0.5, 0.6) is 5.75 Å². The number of aryl methyl sites for hydroxylation is 1. The molecule has 0 radical (unpaired) electrons. The highest BCUT2D eigenvalue weighted by molar-refractivity contribution is 7.16. The molecule has 0 saturated carbocycles. The Labute approximate surface area is 185 Å². The summed E-state index contributed by atoms with van der Waals surface area (Å²) >= 11 is 7.81.